The van der Waals surface area contributed by atoms with E-state index in [0.717, 1.165) is 6.42 Å². The normalized spacial score (nSPS) is 14.9. The highest BCUT2D eigenvalue weighted by molar-refractivity contribution is 5.22. The maximum Gasteiger partial charge on any atom is 0.0290 e. The third-order valence-electron chi connectivity index (χ3n) is 2.40. The molecule has 2 N–H and O–H groups in total. The highest BCUT2D eigenvalue weighted by Crippen LogP contribution is 2.22. The second-order valence-corrected chi connectivity index (χ2v) is 3.24. The summed E-state index contributed by atoms with van der Waals surface area (Å²) >= 11 is 0. The largest absolute Gasteiger partial charge is 0.324 e. The fourth-order valence-electron chi connectivity index (χ4n) is 1.59. The maximum absolute atomic E-state index is 5.94. The van der Waals surface area contributed by atoms with Gasteiger partial charge in [-0.1, -0.05) is 43.3 Å². The van der Waals surface area contributed by atoms with Gasteiger partial charge in [-0.15, -0.1) is 6.58 Å². The summed E-state index contributed by atoms with van der Waals surface area (Å²) in [5.74, 6) is 0.402. The minimum Gasteiger partial charge on any atom is -0.324 e. The van der Waals surface area contributed by atoms with Crippen LogP contribution in [-0.4, -0.2) is 6.04 Å². The topological polar surface area (TPSA) is 26.0 Å². The van der Waals surface area contributed by atoms with Gasteiger partial charge in [0.1, 0.15) is 0 Å². The lowest BCUT2D eigenvalue weighted by atomic mass is 9.90. The average molecular weight is 175 g/mol. The first-order valence-corrected chi connectivity index (χ1v) is 4.72. The van der Waals surface area contributed by atoms with Crippen LogP contribution in [0.2, 0.25) is 0 Å². The Hall–Kier alpha value is -1.08. The molecule has 1 aromatic carbocycles. The average Bonchev–Trinajstić information content (AvgIpc) is 2.20. The lowest BCUT2D eigenvalue weighted by Gasteiger charge is -2.19. The zero-order chi connectivity index (χ0) is 9.68. The van der Waals surface area contributed by atoms with Gasteiger partial charge in [0.15, 0.2) is 0 Å². The van der Waals surface area contributed by atoms with Crippen LogP contribution >= 0.6 is 0 Å². The summed E-state index contributed by atoms with van der Waals surface area (Å²) in [5, 5.41) is 0. The molecular formula is C12H17N. The van der Waals surface area contributed by atoms with E-state index < -0.39 is 0 Å². The molecular weight excluding hydrogens is 158 g/mol. The van der Waals surface area contributed by atoms with Crippen molar-refractivity contribution < 1.29 is 0 Å². The van der Waals surface area contributed by atoms with E-state index in [4.69, 9.17) is 5.73 Å². The molecule has 0 spiro atoms. The molecule has 13 heavy (non-hydrogen) atoms. The van der Waals surface area contributed by atoms with Crippen LogP contribution in [-0.2, 0) is 0 Å². The Balaban J connectivity index is 2.84. The quantitative estimate of drug-likeness (QED) is 0.699. The Morgan fingerprint density at radius 2 is 2.00 bits per heavy atom. The fraction of sp³-hybridized carbons (Fsp3) is 0.333. The maximum atomic E-state index is 5.94. The molecule has 0 fully saturated rings. The molecule has 1 rings (SSSR count). The van der Waals surface area contributed by atoms with Crippen LogP contribution in [0.5, 0.6) is 0 Å². The number of rotatable bonds is 4. The molecule has 0 saturated heterocycles. The predicted octanol–water partition coefficient (Wildman–Crippen LogP) is 2.69. The molecule has 0 aliphatic rings. The van der Waals surface area contributed by atoms with Crippen molar-refractivity contribution in [3.05, 3.63) is 48.6 Å². The first-order valence-electron chi connectivity index (χ1n) is 4.72. The Labute approximate surface area is 80.3 Å². The van der Waals surface area contributed by atoms with Crippen molar-refractivity contribution in [2.75, 3.05) is 0 Å². The second kappa shape index (κ2) is 4.83. The summed E-state index contributed by atoms with van der Waals surface area (Å²) in [7, 11) is 0. The van der Waals surface area contributed by atoms with E-state index >= 15 is 0 Å². The summed E-state index contributed by atoms with van der Waals surface area (Å²) in [6.45, 7) is 5.88. The summed E-state index contributed by atoms with van der Waals surface area (Å²) < 4.78 is 0. The smallest absolute Gasteiger partial charge is 0.0290 e. The standard InChI is InChI=1S/C12H17N/c1-3-11(12(13)4-2)10-8-6-5-7-9-10/h4-9,11-12H,2-3,13H2,1H3. The number of benzene rings is 1. The highest BCUT2D eigenvalue weighted by atomic mass is 14.6. The van der Waals surface area contributed by atoms with Crippen LogP contribution in [0.25, 0.3) is 0 Å². The summed E-state index contributed by atoms with van der Waals surface area (Å²) in [6.07, 6.45) is 2.87. The molecule has 0 aromatic heterocycles. The van der Waals surface area contributed by atoms with Gasteiger partial charge < -0.3 is 5.73 Å². The van der Waals surface area contributed by atoms with E-state index in [2.05, 4.69) is 25.6 Å². The van der Waals surface area contributed by atoms with Gasteiger partial charge >= 0.3 is 0 Å². The SMILES string of the molecule is C=CC(N)C(CC)c1ccccc1. The fourth-order valence-corrected chi connectivity index (χ4v) is 1.59. The van der Waals surface area contributed by atoms with Crippen molar-refractivity contribution in [2.24, 2.45) is 5.73 Å². The Bertz CT molecular complexity index is 253. The van der Waals surface area contributed by atoms with Gasteiger partial charge in [0.05, 0.1) is 0 Å². The first kappa shape index (κ1) is 10.0. The number of nitrogens with two attached hydrogens (primary N) is 1. The van der Waals surface area contributed by atoms with Crippen molar-refractivity contribution in [2.45, 2.75) is 25.3 Å². The van der Waals surface area contributed by atoms with E-state index in [9.17, 15) is 0 Å². The molecule has 0 aliphatic carbocycles. The molecule has 0 bridgehead atoms. The summed E-state index contributed by atoms with van der Waals surface area (Å²) in [4.78, 5) is 0. The first-order chi connectivity index (χ1) is 6.29. The molecule has 0 radical (unpaired) electrons. The van der Waals surface area contributed by atoms with Crippen LogP contribution in [0, 0.1) is 0 Å². The van der Waals surface area contributed by atoms with Gasteiger partial charge in [-0.25, -0.2) is 0 Å². The van der Waals surface area contributed by atoms with Crippen LogP contribution in [0.1, 0.15) is 24.8 Å². The minimum atomic E-state index is 0.0624. The second-order valence-electron chi connectivity index (χ2n) is 3.24. The Morgan fingerprint density at radius 3 is 2.46 bits per heavy atom. The van der Waals surface area contributed by atoms with E-state index in [1.54, 1.807) is 0 Å². The van der Waals surface area contributed by atoms with E-state index in [1.807, 2.05) is 24.3 Å². The third kappa shape index (κ3) is 2.43. The lowest BCUT2D eigenvalue weighted by Crippen LogP contribution is -2.25. The van der Waals surface area contributed by atoms with Gasteiger partial charge in [0.2, 0.25) is 0 Å². The zero-order valence-electron chi connectivity index (χ0n) is 8.11. The van der Waals surface area contributed by atoms with E-state index in [-0.39, 0.29) is 6.04 Å². The molecule has 1 aromatic rings. The zero-order valence-corrected chi connectivity index (χ0v) is 8.11. The van der Waals surface area contributed by atoms with E-state index in [0.29, 0.717) is 5.92 Å². The van der Waals surface area contributed by atoms with Crippen LogP contribution in [0.4, 0.5) is 0 Å². The van der Waals surface area contributed by atoms with Crippen LogP contribution in [0.3, 0.4) is 0 Å². The molecule has 1 nitrogen and oxygen atoms in total. The Kier molecular flexibility index (Phi) is 3.71. The Morgan fingerprint density at radius 1 is 1.38 bits per heavy atom. The van der Waals surface area contributed by atoms with Crippen molar-refractivity contribution in [1.29, 1.82) is 0 Å². The molecule has 0 heterocycles. The molecule has 2 unspecified atom stereocenters. The molecule has 70 valence electrons. The summed E-state index contributed by atoms with van der Waals surface area (Å²) in [5.41, 5.74) is 7.24. The van der Waals surface area contributed by atoms with Gasteiger partial charge in [-0.2, -0.15) is 0 Å². The monoisotopic (exact) mass is 175 g/mol. The van der Waals surface area contributed by atoms with Gasteiger partial charge in [0, 0.05) is 12.0 Å². The molecule has 1 heteroatoms. The van der Waals surface area contributed by atoms with Crippen molar-refractivity contribution >= 4 is 0 Å². The molecule has 2 atom stereocenters. The van der Waals surface area contributed by atoms with Gasteiger partial charge in [-0.3, -0.25) is 0 Å². The van der Waals surface area contributed by atoms with E-state index in [1.165, 1.54) is 5.56 Å². The number of hydrogen-bond donors (Lipinski definition) is 1. The van der Waals surface area contributed by atoms with Crippen molar-refractivity contribution in [3.63, 3.8) is 0 Å². The molecule has 0 aliphatic heterocycles. The van der Waals surface area contributed by atoms with Gasteiger partial charge in [-0.05, 0) is 12.0 Å². The summed E-state index contributed by atoms with van der Waals surface area (Å²) in [6, 6.07) is 10.4. The highest BCUT2D eigenvalue weighted by Gasteiger charge is 2.14. The molecule has 0 saturated carbocycles. The molecule has 0 amide bonds. The van der Waals surface area contributed by atoms with Crippen molar-refractivity contribution in [1.82, 2.24) is 0 Å². The van der Waals surface area contributed by atoms with Crippen LogP contribution in [0.15, 0.2) is 43.0 Å². The van der Waals surface area contributed by atoms with Gasteiger partial charge in [0.25, 0.3) is 0 Å². The minimum absolute atomic E-state index is 0.0624. The lowest BCUT2D eigenvalue weighted by molar-refractivity contribution is 0.593. The number of hydrogen-bond acceptors (Lipinski definition) is 1. The van der Waals surface area contributed by atoms with Crippen LogP contribution < -0.4 is 5.73 Å². The third-order valence-corrected chi connectivity index (χ3v) is 2.40. The predicted molar refractivity (Wildman–Crippen MR) is 57.6 cm³/mol. The van der Waals surface area contributed by atoms with Crippen molar-refractivity contribution in [3.8, 4) is 0 Å².